The molecule has 1 radical (unpaired) electrons. The number of aromatic nitrogens is 1. The summed E-state index contributed by atoms with van der Waals surface area (Å²) in [5.41, 5.74) is 4.95. The summed E-state index contributed by atoms with van der Waals surface area (Å²) in [5.74, 6) is -0.734. The van der Waals surface area contributed by atoms with E-state index in [1.807, 2.05) is 39.8 Å². The maximum atomic E-state index is 12.7. The number of hydrogen-bond donors (Lipinski definition) is 4. The molecule has 5 N–H and O–H groups in total. The van der Waals surface area contributed by atoms with Gasteiger partial charge >= 0.3 is 0 Å². The number of hydrogen-bond acceptors (Lipinski definition) is 8. The number of aliphatic hydroxyl groups excluding tert-OH is 1. The third kappa shape index (κ3) is 13.1. The Kier molecular flexibility index (Phi) is 18.2. The molecule has 2 heterocycles. The molecular weight excluding hydrogens is 739 g/mol. The van der Waals surface area contributed by atoms with Crippen LogP contribution in [0.3, 0.4) is 0 Å². The van der Waals surface area contributed by atoms with E-state index in [0.29, 0.717) is 37.6 Å². The number of rotatable bonds is 9. The van der Waals surface area contributed by atoms with E-state index >= 15 is 0 Å². The van der Waals surface area contributed by atoms with Crippen LogP contribution in [0.2, 0.25) is 0 Å². The number of likely N-dealkylation sites (tertiary alicyclic amines) is 1. The van der Waals surface area contributed by atoms with Crippen LogP contribution in [0.15, 0.2) is 35.3 Å². The Morgan fingerprint density at radius 3 is 2.26 bits per heavy atom. The first-order valence-electron chi connectivity index (χ1n) is 17.3. The number of nitrogens with one attached hydrogen (secondary N) is 4. The molecule has 1 aromatic carbocycles. The fraction of sp³-hybridized carbons (Fsp3) is 0.657. The standard InChI is InChI=1S/C17H27N3O6S.C10H9NO2.C5H10.C3H8N.Y/c1-3-11-9-17(11,15(24)19-27(25)26-16(2)6-7-16)18-14(23)12-5-4-8-20(12)13(22)10-21;1-13-8-2-3-9-7(6-8)4-5-11-10(9)12;1-2-4-5-3-1;1-3(2)4;/h11-12,21H,3-10H2,1-2H3,(H,18,23)(H,19,24);2-6H,1H3,(H,11,12);1-5H2;3-4H,1-2H3;/q;;;-1;. The fourth-order valence-electron chi connectivity index (χ4n) is 5.85. The Hall–Kier alpha value is -2.23. The minimum Gasteiger partial charge on any atom is -0.675 e. The van der Waals surface area contributed by atoms with Crippen LogP contribution in [0.25, 0.3) is 16.5 Å². The molecular formula is C35H54N5O8SY-. The molecule has 50 heavy (non-hydrogen) atoms. The molecule has 0 spiro atoms. The van der Waals surface area contributed by atoms with E-state index in [-0.39, 0.29) is 50.2 Å². The summed E-state index contributed by atoms with van der Waals surface area (Å²) in [6.07, 6.45) is 13.0. The third-order valence-electron chi connectivity index (χ3n) is 9.00. The average Bonchev–Trinajstić information content (AvgIpc) is 3.71. The van der Waals surface area contributed by atoms with E-state index in [2.05, 4.69) is 15.0 Å². The van der Waals surface area contributed by atoms with Gasteiger partial charge in [-0.1, -0.05) is 59.3 Å². The van der Waals surface area contributed by atoms with E-state index in [4.69, 9.17) is 19.8 Å². The van der Waals surface area contributed by atoms with Crippen molar-refractivity contribution in [3.63, 3.8) is 0 Å². The van der Waals surface area contributed by atoms with Crippen LogP contribution in [-0.2, 0) is 62.5 Å². The number of amides is 3. The number of pyridine rings is 1. The first kappa shape index (κ1) is 43.9. The third-order valence-corrected chi connectivity index (χ3v) is 9.90. The molecule has 1 aromatic heterocycles. The Labute approximate surface area is 323 Å². The molecule has 1 aliphatic heterocycles. The van der Waals surface area contributed by atoms with Gasteiger partial charge < -0.3 is 30.8 Å². The molecule has 3 saturated carbocycles. The Balaban J connectivity index is 0.000000309. The van der Waals surface area contributed by atoms with Gasteiger partial charge in [0.1, 0.15) is 23.9 Å². The van der Waals surface area contributed by atoms with Gasteiger partial charge in [-0.2, -0.15) is 0 Å². The van der Waals surface area contributed by atoms with Crippen LogP contribution in [-0.4, -0.2) is 80.4 Å². The average molecular weight is 794 g/mol. The van der Waals surface area contributed by atoms with Crippen LogP contribution in [0.1, 0.15) is 98.3 Å². The Morgan fingerprint density at radius 2 is 1.74 bits per heavy atom. The molecule has 15 heteroatoms. The van der Waals surface area contributed by atoms with Gasteiger partial charge in [0, 0.05) is 50.8 Å². The predicted molar refractivity (Wildman–Crippen MR) is 190 cm³/mol. The van der Waals surface area contributed by atoms with Crippen molar-refractivity contribution in [2.24, 2.45) is 5.92 Å². The molecule has 277 valence electrons. The predicted octanol–water partition coefficient (Wildman–Crippen LogP) is 4.45. The van der Waals surface area contributed by atoms with Crippen molar-refractivity contribution < 1.29 is 65.3 Å². The van der Waals surface area contributed by atoms with Crippen molar-refractivity contribution in [2.45, 2.75) is 122 Å². The molecule has 2 aromatic rings. The number of nitrogens with zero attached hydrogens (tertiary/aromatic N) is 1. The number of aromatic amines is 1. The summed E-state index contributed by atoms with van der Waals surface area (Å²) < 4.78 is 24.8. The maximum absolute atomic E-state index is 12.7. The number of ether oxygens (including phenoxy) is 1. The Morgan fingerprint density at radius 1 is 1.12 bits per heavy atom. The SMILES string of the molecule is C1CCCC1.CC(C)[NH-].CCC1CC1(NC(=O)C1CCCN1C(=O)CO)C(=O)NS(=O)OC1(C)CC1.COc1ccc2c(=O)[nH]ccc2c1.[Y]. The molecule has 6 rings (SSSR count). The number of carbonyl (C=O) groups is 3. The van der Waals surface area contributed by atoms with Crippen molar-refractivity contribution in [1.82, 2.24) is 19.9 Å². The minimum absolute atomic E-state index is 0. The van der Waals surface area contributed by atoms with E-state index in [9.17, 15) is 23.4 Å². The second kappa shape index (κ2) is 20.7. The number of carbonyl (C=O) groups excluding carboxylic acids is 3. The molecule has 4 fully saturated rings. The molecule has 3 amide bonds. The van der Waals surface area contributed by atoms with Gasteiger partial charge in [-0.3, -0.25) is 23.4 Å². The van der Waals surface area contributed by atoms with Gasteiger partial charge in [0.05, 0.1) is 12.7 Å². The normalized spacial score (nSPS) is 23.0. The molecule has 3 aliphatic carbocycles. The smallest absolute Gasteiger partial charge is 0.264 e. The topological polar surface area (TPSA) is 191 Å². The van der Waals surface area contributed by atoms with Crippen LogP contribution < -0.4 is 20.3 Å². The summed E-state index contributed by atoms with van der Waals surface area (Å²) >= 11 is -1.96. The molecule has 1 saturated heterocycles. The summed E-state index contributed by atoms with van der Waals surface area (Å²) in [6, 6.07) is 6.61. The largest absolute Gasteiger partial charge is 0.675 e. The van der Waals surface area contributed by atoms with E-state index in [0.717, 1.165) is 24.0 Å². The van der Waals surface area contributed by atoms with Gasteiger partial charge in [-0.15, -0.1) is 6.04 Å². The molecule has 13 nitrogen and oxygen atoms in total. The van der Waals surface area contributed by atoms with Crippen LogP contribution in [0.5, 0.6) is 5.75 Å². The van der Waals surface area contributed by atoms with Crippen molar-refractivity contribution in [1.29, 1.82) is 0 Å². The second-order valence-electron chi connectivity index (χ2n) is 13.6. The Bertz CT molecular complexity index is 1490. The first-order valence-corrected chi connectivity index (χ1v) is 18.4. The molecule has 0 bridgehead atoms. The monoisotopic (exact) mass is 793 g/mol. The van der Waals surface area contributed by atoms with Crippen LogP contribution in [0.4, 0.5) is 0 Å². The van der Waals surface area contributed by atoms with E-state index in [1.165, 1.54) is 37.0 Å². The number of benzene rings is 1. The number of H-pyrrole nitrogens is 1. The zero-order valence-electron chi connectivity index (χ0n) is 30.0. The molecule has 4 unspecified atom stereocenters. The van der Waals surface area contributed by atoms with Crippen LogP contribution >= 0.6 is 0 Å². The van der Waals surface area contributed by atoms with E-state index in [1.54, 1.807) is 25.4 Å². The number of aliphatic hydroxyl groups is 1. The van der Waals surface area contributed by atoms with Crippen molar-refractivity contribution in [2.75, 3.05) is 20.3 Å². The zero-order chi connectivity index (χ0) is 36.2. The summed E-state index contributed by atoms with van der Waals surface area (Å²) in [4.78, 5) is 52.5. The summed E-state index contributed by atoms with van der Waals surface area (Å²) in [5, 5.41) is 13.4. The summed E-state index contributed by atoms with van der Waals surface area (Å²) in [6.45, 7) is 7.17. The van der Waals surface area contributed by atoms with Gasteiger partial charge in [0.2, 0.25) is 11.8 Å². The number of methoxy groups -OCH3 is 1. The van der Waals surface area contributed by atoms with Crippen LogP contribution in [0, 0.1) is 5.92 Å². The fourth-order valence-corrected chi connectivity index (χ4v) is 6.76. The van der Waals surface area contributed by atoms with Gasteiger partial charge in [-0.25, -0.2) is 8.93 Å². The van der Waals surface area contributed by atoms with Crippen molar-refractivity contribution in [3.05, 3.63) is 46.5 Å². The minimum atomic E-state index is -1.96. The summed E-state index contributed by atoms with van der Waals surface area (Å²) in [7, 11) is 1.61. The van der Waals surface area contributed by atoms with E-state index < -0.39 is 52.8 Å². The molecule has 4 atom stereocenters. The van der Waals surface area contributed by atoms with Gasteiger partial charge in [0.15, 0.2) is 0 Å². The van der Waals surface area contributed by atoms with Gasteiger partial charge in [-0.05, 0) is 74.6 Å². The zero-order valence-corrected chi connectivity index (χ0v) is 33.7. The first-order chi connectivity index (χ1) is 23.3. The maximum Gasteiger partial charge on any atom is 0.264 e. The van der Waals surface area contributed by atoms with Crippen molar-refractivity contribution >= 4 is 39.8 Å². The van der Waals surface area contributed by atoms with Crippen molar-refractivity contribution in [3.8, 4) is 5.75 Å². The second-order valence-corrected chi connectivity index (χ2v) is 14.4. The number of fused-ring (bicyclic) bond motifs is 1. The quantitative estimate of drug-likeness (QED) is 0.286. The molecule has 4 aliphatic rings. The van der Waals surface area contributed by atoms with Gasteiger partial charge in [0.25, 0.3) is 22.7 Å².